The van der Waals surface area contributed by atoms with Crippen molar-refractivity contribution < 1.29 is 13.9 Å². The van der Waals surface area contributed by atoms with Gasteiger partial charge in [0, 0.05) is 19.0 Å². The molecule has 0 radical (unpaired) electrons. The van der Waals surface area contributed by atoms with E-state index in [1.165, 1.54) is 12.1 Å². The summed E-state index contributed by atoms with van der Waals surface area (Å²) >= 11 is 0. The number of rotatable bonds is 7. The molecule has 0 aliphatic heterocycles. The van der Waals surface area contributed by atoms with Crippen LogP contribution < -0.4 is 15.4 Å². The van der Waals surface area contributed by atoms with Crippen molar-refractivity contribution in [2.75, 3.05) is 20.2 Å². The quantitative estimate of drug-likeness (QED) is 0.804. The summed E-state index contributed by atoms with van der Waals surface area (Å²) in [5, 5.41) is 5.70. The molecule has 6 heteroatoms. The van der Waals surface area contributed by atoms with Gasteiger partial charge >= 0.3 is 0 Å². The molecule has 108 valence electrons. The van der Waals surface area contributed by atoms with Gasteiger partial charge in [-0.2, -0.15) is 0 Å². The minimum atomic E-state index is -0.335. The van der Waals surface area contributed by atoms with Crippen LogP contribution in [0.4, 0.5) is 4.39 Å². The van der Waals surface area contributed by atoms with Crippen LogP contribution in [-0.4, -0.2) is 32.1 Å². The number of hydrogen-bond acceptors (Lipinski definition) is 3. The van der Waals surface area contributed by atoms with Gasteiger partial charge in [0.05, 0.1) is 6.04 Å². The highest BCUT2D eigenvalue weighted by Crippen LogP contribution is 2.11. The molecule has 1 aromatic rings. The Balaban J connectivity index is 0.00000324. The van der Waals surface area contributed by atoms with Gasteiger partial charge in [-0.1, -0.05) is 6.07 Å². The van der Waals surface area contributed by atoms with Gasteiger partial charge in [-0.25, -0.2) is 4.39 Å². The topological polar surface area (TPSA) is 50.4 Å². The Morgan fingerprint density at radius 3 is 2.84 bits per heavy atom. The molecule has 2 N–H and O–H groups in total. The van der Waals surface area contributed by atoms with Gasteiger partial charge in [-0.05, 0) is 26.1 Å². The van der Waals surface area contributed by atoms with Gasteiger partial charge in [0.2, 0.25) is 5.91 Å². The van der Waals surface area contributed by atoms with E-state index in [1.807, 2.05) is 6.92 Å². The molecule has 1 amide bonds. The number of amides is 1. The normalized spacial score (nSPS) is 11.3. The lowest BCUT2D eigenvalue weighted by atomic mass is 10.3. The zero-order valence-corrected chi connectivity index (χ0v) is 11.9. The first kappa shape index (κ1) is 17.7. The van der Waals surface area contributed by atoms with Crippen LogP contribution >= 0.6 is 12.4 Å². The molecule has 19 heavy (non-hydrogen) atoms. The van der Waals surface area contributed by atoms with E-state index in [4.69, 9.17) is 4.74 Å². The van der Waals surface area contributed by atoms with Crippen molar-refractivity contribution in [1.82, 2.24) is 10.6 Å². The first-order chi connectivity index (χ1) is 8.61. The van der Waals surface area contributed by atoms with E-state index in [0.29, 0.717) is 25.3 Å². The number of halogens is 2. The zero-order chi connectivity index (χ0) is 13.4. The predicted octanol–water partition coefficient (Wildman–Crippen LogP) is 1.74. The molecule has 0 aliphatic carbocycles. The van der Waals surface area contributed by atoms with Crippen LogP contribution in [0, 0.1) is 5.82 Å². The van der Waals surface area contributed by atoms with Crippen molar-refractivity contribution in [2.45, 2.75) is 19.4 Å². The molecule has 0 heterocycles. The summed E-state index contributed by atoms with van der Waals surface area (Å²) in [5.74, 6) is 0.101. The highest BCUT2D eigenvalue weighted by molar-refractivity contribution is 5.85. The Morgan fingerprint density at radius 1 is 1.47 bits per heavy atom. The van der Waals surface area contributed by atoms with Crippen LogP contribution in [-0.2, 0) is 4.79 Å². The minimum absolute atomic E-state index is 0. The van der Waals surface area contributed by atoms with E-state index in [9.17, 15) is 9.18 Å². The van der Waals surface area contributed by atoms with Gasteiger partial charge in [-0.15, -0.1) is 12.4 Å². The largest absolute Gasteiger partial charge is 0.491 e. The number of carbonyl (C=O) groups excluding carboxylic acids is 1. The second-order valence-corrected chi connectivity index (χ2v) is 4.09. The molecular formula is C13H20ClFN2O2. The summed E-state index contributed by atoms with van der Waals surface area (Å²) in [6.07, 6.45) is 0.431. The van der Waals surface area contributed by atoms with Gasteiger partial charge in [-0.3, -0.25) is 4.79 Å². The van der Waals surface area contributed by atoms with Crippen LogP contribution in [0.15, 0.2) is 24.3 Å². The number of benzene rings is 1. The maximum atomic E-state index is 12.9. The second kappa shape index (κ2) is 9.58. The number of ether oxygens (including phenoxy) is 1. The van der Waals surface area contributed by atoms with Crippen molar-refractivity contribution in [3.05, 3.63) is 30.1 Å². The third-order valence-corrected chi connectivity index (χ3v) is 2.31. The molecule has 0 bridgehead atoms. The Hall–Kier alpha value is -1.33. The summed E-state index contributed by atoms with van der Waals surface area (Å²) in [6, 6.07) is 5.82. The molecule has 0 fully saturated rings. The molecule has 1 atom stereocenters. The Bertz CT molecular complexity index is 391. The van der Waals surface area contributed by atoms with E-state index in [1.54, 1.807) is 19.2 Å². The first-order valence-electron chi connectivity index (χ1n) is 5.94. The minimum Gasteiger partial charge on any atom is -0.491 e. The molecule has 0 aromatic heterocycles. The maximum Gasteiger partial charge on any atom is 0.221 e. The predicted molar refractivity (Wildman–Crippen MR) is 75.3 cm³/mol. The van der Waals surface area contributed by atoms with Gasteiger partial charge in [0.25, 0.3) is 0 Å². The molecule has 1 rings (SSSR count). The number of nitrogens with one attached hydrogen (secondary N) is 2. The van der Waals surface area contributed by atoms with Crippen molar-refractivity contribution in [1.29, 1.82) is 0 Å². The van der Waals surface area contributed by atoms with Crippen LogP contribution in [0.3, 0.4) is 0 Å². The monoisotopic (exact) mass is 290 g/mol. The average molecular weight is 291 g/mol. The molecule has 4 nitrogen and oxygen atoms in total. The van der Waals surface area contributed by atoms with Crippen LogP contribution in [0.2, 0.25) is 0 Å². The summed E-state index contributed by atoms with van der Waals surface area (Å²) in [6.45, 7) is 2.80. The summed E-state index contributed by atoms with van der Waals surface area (Å²) in [5.41, 5.74) is 0. The molecule has 0 spiro atoms. The van der Waals surface area contributed by atoms with Gasteiger partial charge < -0.3 is 15.4 Å². The van der Waals surface area contributed by atoms with E-state index < -0.39 is 0 Å². The standard InChI is InChI=1S/C13H19FN2O2.ClH/c1-10(16-13(17)6-7-15-2)9-18-12-5-3-4-11(14)8-12;/h3-5,8,10,15H,6-7,9H2,1-2H3,(H,16,17);1H. The lowest BCUT2D eigenvalue weighted by Gasteiger charge is -2.15. The molecule has 0 saturated carbocycles. The van der Waals surface area contributed by atoms with Crippen molar-refractivity contribution in [3.8, 4) is 5.75 Å². The lowest BCUT2D eigenvalue weighted by molar-refractivity contribution is -0.121. The summed E-state index contributed by atoms with van der Waals surface area (Å²) in [4.78, 5) is 11.4. The van der Waals surface area contributed by atoms with Gasteiger partial charge in [0.15, 0.2) is 0 Å². The number of carbonyl (C=O) groups is 1. The smallest absolute Gasteiger partial charge is 0.221 e. The molecule has 1 unspecified atom stereocenters. The molecular weight excluding hydrogens is 271 g/mol. The lowest BCUT2D eigenvalue weighted by Crippen LogP contribution is -2.37. The maximum absolute atomic E-state index is 12.9. The fourth-order valence-electron chi connectivity index (χ4n) is 1.41. The van der Waals surface area contributed by atoms with E-state index in [0.717, 1.165) is 0 Å². The highest BCUT2D eigenvalue weighted by atomic mass is 35.5. The van der Waals surface area contributed by atoms with Crippen LogP contribution in [0.25, 0.3) is 0 Å². The van der Waals surface area contributed by atoms with Gasteiger partial charge in [0.1, 0.15) is 18.2 Å². The Kier molecular flexibility index (Phi) is 8.91. The second-order valence-electron chi connectivity index (χ2n) is 4.09. The van der Waals surface area contributed by atoms with Crippen molar-refractivity contribution in [3.63, 3.8) is 0 Å². The average Bonchev–Trinajstić information content (AvgIpc) is 2.34. The van der Waals surface area contributed by atoms with E-state index in [-0.39, 0.29) is 30.2 Å². The Morgan fingerprint density at radius 2 is 2.21 bits per heavy atom. The highest BCUT2D eigenvalue weighted by Gasteiger charge is 2.07. The molecule has 1 aromatic carbocycles. The summed E-state index contributed by atoms with van der Waals surface area (Å²) < 4.78 is 18.3. The Labute approximate surface area is 119 Å². The van der Waals surface area contributed by atoms with E-state index >= 15 is 0 Å². The molecule has 0 aliphatic rings. The third-order valence-electron chi connectivity index (χ3n) is 2.31. The third kappa shape index (κ3) is 7.64. The van der Waals surface area contributed by atoms with Crippen molar-refractivity contribution >= 4 is 18.3 Å². The van der Waals surface area contributed by atoms with Crippen molar-refractivity contribution in [2.24, 2.45) is 0 Å². The SMILES string of the molecule is CNCCC(=O)NC(C)COc1cccc(F)c1.Cl. The van der Waals surface area contributed by atoms with Crippen LogP contribution in [0.1, 0.15) is 13.3 Å². The summed E-state index contributed by atoms with van der Waals surface area (Å²) in [7, 11) is 1.80. The first-order valence-corrected chi connectivity index (χ1v) is 5.94. The zero-order valence-electron chi connectivity index (χ0n) is 11.1. The fraction of sp³-hybridized carbons (Fsp3) is 0.462. The van der Waals surface area contributed by atoms with Crippen LogP contribution in [0.5, 0.6) is 5.75 Å². The van der Waals surface area contributed by atoms with E-state index in [2.05, 4.69) is 10.6 Å². The fourth-order valence-corrected chi connectivity index (χ4v) is 1.41. The number of hydrogen-bond donors (Lipinski definition) is 2. The molecule has 0 saturated heterocycles.